The van der Waals surface area contributed by atoms with E-state index in [0.717, 1.165) is 35.6 Å². The van der Waals surface area contributed by atoms with Crippen molar-refractivity contribution in [2.75, 3.05) is 31.1 Å². The number of pyridine rings is 3. The lowest BCUT2D eigenvalue weighted by molar-refractivity contribution is 0.0946. The van der Waals surface area contributed by atoms with E-state index in [-0.39, 0.29) is 11.6 Å². The van der Waals surface area contributed by atoms with Crippen LogP contribution in [0.1, 0.15) is 23.0 Å². The van der Waals surface area contributed by atoms with Gasteiger partial charge in [0, 0.05) is 43.2 Å². The predicted molar refractivity (Wildman–Crippen MR) is 139 cm³/mol. The van der Waals surface area contributed by atoms with Gasteiger partial charge >= 0.3 is 0 Å². The van der Waals surface area contributed by atoms with Crippen LogP contribution in [0.3, 0.4) is 0 Å². The van der Waals surface area contributed by atoms with Gasteiger partial charge in [-0.1, -0.05) is 11.6 Å². The van der Waals surface area contributed by atoms with Gasteiger partial charge in [0.2, 0.25) is 0 Å². The molecule has 4 aromatic heterocycles. The van der Waals surface area contributed by atoms with Crippen LogP contribution in [0.4, 0.5) is 5.82 Å². The monoisotopic (exact) mass is 513 g/mol. The van der Waals surface area contributed by atoms with Crippen LogP contribution in [-0.2, 0) is 0 Å². The van der Waals surface area contributed by atoms with Gasteiger partial charge in [0.25, 0.3) is 5.91 Å². The number of hydrogen-bond acceptors (Lipinski definition) is 7. The quantitative estimate of drug-likeness (QED) is 0.400. The van der Waals surface area contributed by atoms with Crippen molar-refractivity contribution < 1.29 is 9.53 Å². The highest BCUT2D eigenvalue weighted by molar-refractivity contribution is 6.33. The van der Waals surface area contributed by atoms with E-state index < -0.39 is 0 Å². The number of nitrogens with one attached hydrogen (secondary N) is 1. The summed E-state index contributed by atoms with van der Waals surface area (Å²) in [6, 6.07) is 11.6. The summed E-state index contributed by atoms with van der Waals surface area (Å²) in [5.41, 5.74) is 3.25. The third-order valence-electron chi connectivity index (χ3n) is 7.24. The van der Waals surface area contributed by atoms with Gasteiger partial charge in [-0.25, -0.2) is 14.5 Å². The zero-order chi connectivity index (χ0) is 25.5. The normalized spacial score (nSPS) is 19.9. The number of nitriles is 1. The number of amides is 1. The fourth-order valence-corrected chi connectivity index (χ4v) is 5.57. The summed E-state index contributed by atoms with van der Waals surface area (Å²) < 4.78 is 7.39. The van der Waals surface area contributed by atoms with Gasteiger partial charge in [0.05, 0.1) is 35.1 Å². The lowest BCUT2D eigenvalue weighted by Crippen LogP contribution is -2.31. The largest absolute Gasteiger partial charge is 0.492 e. The zero-order valence-corrected chi connectivity index (χ0v) is 20.9. The predicted octanol–water partition coefficient (Wildman–Crippen LogP) is 3.83. The number of halogens is 1. The van der Waals surface area contributed by atoms with E-state index in [9.17, 15) is 10.1 Å². The number of fused-ring (bicyclic) bond motifs is 2. The fourth-order valence-electron chi connectivity index (χ4n) is 5.36. The third-order valence-corrected chi connectivity index (χ3v) is 7.55. The number of hydrogen-bond donors (Lipinski definition) is 1. The molecule has 0 unspecified atom stereocenters. The molecule has 6 rings (SSSR count). The van der Waals surface area contributed by atoms with Crippen molar-refractivity contribution in [3.05, 3.63) is 71.4 Å². The van der Waals surface area contributed by atoms with E-state index in [0.29, 0.717) is 47.2 Å². The molecule has 1 amide bonds. The molecule has 1 aliphatic heterocycles. The van der Waals surface area contributed by atoms with E-state index in [2.05, 4.69) is 26.4 Å². The summed E-state index contributed by atoms with van der Waals surface area (Å²) in [5.74, 6) is 2.91. The SMILES string of the molecule is CCOc1cc(-c2ccc(N3C[C@@H]4[C@@H](CNC(=O)c5ncccc5Cl)[C@@H]4C3)nc2)c2c(C#N)cnn2c1. The second-order valence-corrected chi connectivity index (χ2v) is 9.74. The van der Waals surface area contributed by atoms with E-state index >= 15 is 0 Å². The lowest BCUT2D eigenvalue weighted by atomic mass is 10.1. The van der Waals surface area contributed by atoms with Crippen LogP contribution in [-0.4, -0.2) is 51.7 Å². The van der Waals surface area contributed by atoms with Gasteiger partial charge in [-0.15, -0.1) is 0 Å². The van der Waals surface area contributed by atoms with Crippen LogP contribution in [0.2, 0.25) is 5.02 Å². The molecule has 37 heavy (non-hydrogen) atoms. The van der Waals surface area contributed by atoms with Gasteiger partial charge < -0.3 is 15.0 Å². The number of carbonyl (C=O) groups excluding carboxylic acids is 1. The highest BCUT2D eigenvalue weighted by Crippen LogP contribution is 2.52. The first-order valence-corrected chi connectivity index (χ1v) is 12.6. The number of anilines is 1. The summed E-state index contributed by atoms with van der Waals surface area (Å²) in [6.07, 6.45) is 6.76. The van der Waals surface area contributed by atoms with E-state index in [1.54, 1.807) is 35.2 Å². The standard InChI is InChI=1S/C27H24ClN7O2/c1-2-37-18-8-19(26-17(9-29)11-33-35(26)13-18)16-5-6-24(31-10-16)34-14-21-20(22(21)15-34)12-32-27(36)25-23(28)4-3-7-30-25/h3-8,10-11,13,20-22H,2,12,14-15H2,1H3,(H,32,36)/t20-,21-,22+. The molecule has 3 atom stereocenters. The van der Waals surface area contributed by atoms with Crippen LogP contribution < -0.4 is 15.0 Å². The Morgan fingerprint density at radius 2 is 2.08 bits per heavy atom. The lowest BCUT2D eigenvalue weighted by Gasteiger charge is -2.21. The second kappa shape index (κ2) is 9.37. The second-order valence-electron chi connectivity index (χ2n) is 9.33. The fraction of sp³-hybridized carbons (Fsp3) is 0.296. The zero-order valence-electron chi connectivity index (χ0n) is 20.1. The number of carbonyl (C=O) groups is 1. The van der Waals surface area contributed by atoms with Gasteiger partial charge in [-0.05, 0) is 55.0 Å². The van der Waals surface area contributed by atoms with Crippen molar-refractivity contribution in [2.45, 2.75) is 6.92 Å². The van der Waals surface area contributed by atoms with E-state index in [1.807, 2.05) is 31.3 Å². The van der Waals surface area contributed by atoms with Gasteiger partial charge in [0.1, 0.15) is 23.3 Å². The molecule has 186 valence electrons. The first-order chi connectivity index (χ1) is 18.1. The Morgan fingerprint density at radius 1 is 1.24 bits per heavy atom. The summed E-state index contributed by atoms with van der Waals surface area (Å²) in [4.78, 5) is 23.5. The van der Waals surface area contributed by atoms with Crippen molar-refractivity contribution in [1.29, 1.82) is 5.26 Å². The molecule has 0 spiro atoms. The Balaban J connectivity index is 1.12. The Morgan fingerprint density at radius 3 is 2.78 bits per heavy atom. The molecular weight excluding hydrogens is 490 g/mol. The van der Waals surface area contributed by atoms with Gasteiger partial charge in [-0.2, -0.15) is 10.4 Å². The molecule has 0 radical (unpaired) electrons. The molecule has 5 heterocycles. The molecule has 0 aromatic carbocycles. The molecule has 1 saturated carbocycles. The number of piperidine rings is 1. The summed E-state index contributed by atoms with van der Waals surface area (Å²) in [5, 5.41) is 17.2. The van der Waals surface area contributed by atoms with Gasteiger partial charge in [-0.3, -0.25) is 4.79 Å². The van der Waals surface area contributed by atoms with Crippen LogP contribution >= 0.6 is 11.6 Å². The Kier molecular flexibility index (Phi) is 5.89. The maximum Gasteiger partial charge on any atom is 0.271 e. The van der Waals surface area contributed by atoms with Crippen molar-refractivity contribution in [3.8, 4) is 22.9 Å². The molecule has 2 fully saturated rings. The molecule has 1 N–H and O–H groups in total. The summed E-state index contributed by atoms with van der Waals surface area (Å²) in [6.45, 7) is 4.91. The molecular formula is C27H24ClN7O2. The smallest absolute Gasteiger partial charge is 0.271 e. The number of ether oxygens (including phenoxy) is 1. The van der Waals surface area contributed by atoms with Crippen molar-refractivity contribution in [1.82, 2.24) is 24.9 Å². The highest BCUT2D eigenvalue weighted by atomic mass is 35.5. The minimum atomic E-state index is -0.232. The van der Waals surface area contributed by atoms with Gasteiger partial charge in [0.15, 0.2) is 0 Å². The van der Waals surface area contributed by atoms with Crippen molar-refractivity contribution >= 4 is 28.8 Å². The maximum absolute atomic E-state index is 12.4. The van der Waals surface area contributed by atoms with E-state index in [4.69, 9.17) is 21.3 Å². The molecule has 2 aliphatic rings. The highest BCUT2D eigenvalue weighted by Gasteiger charge is 2.55. The number of nitrogens with zero attached hydrogens (tertiary/aromatic N) is 6. The molecule has 0 bridgehead atoms. The Hall–Kier alpha value is -4.16. The molecule has 10 heteroatoms. The van der Waals surface area contributed by atoms with Crippen LogP contribution in [0.25, 0.3) is 16.6 Å². The average Bonchev–Trinajstić information content (AvgIpc) is 3.22. The number of rotatable bonds is 7. The van der Waals surface area contributed by atoms with Crippen LogP contribution in [0.15, 0.2) is 55.1 Å². The molecule has 9 nitrogen and oxygen atoms in total. The topological polar surface area (TPSA) is 108 Å². The Bertz CT molecular complexity index is 1520. The molecule has 1 saturated heterocycles. The van der Waals surface area contributed by atoms with Crippen LogP contribution in [0.5, 0.6) is 5.75 Å². The Labute approximate surface area is 218 Å². The number of aromatic nitrogens is 4. The van der Waals surface area contributed by atoms with Crippen LogP contribution in [0, 0.1) is 29.1 Å². The minimum absolute atomic E-state index is 0.232. The third kappa shape index (κ3) is 4.23. The molecule has 1 aliphatic carbocycles. The maximum atomic E-state index is 12.4. The van der Waals surface area contributed by atoms with E-state index in [1.165, 1.54) is 0 Å². The average molecular weight is 514 g/mol. The molecule has 4 aromatic rings. The van der Waals surface area contributed by atoms with Crippen molar-refractivity contribution in [2.24, 2.45) is 17.8 Å². The summed E-state index contributed by atoms with van der Waals surface area (Å²) in [7, 11) is 0. The minimum Gasteiger partial charge on any atom is -0.492 e. The first kappa shape index (κ1) is 23.3. The van der Waals surface area contributed by atoms with Crippen molar-refractivity contribution in [3.63, 3.8) is 0 Å². The first-order valence-electron chi connectivity index (χ1n) is 12.2. The summed E-state index contributed by atoms with van der Waals surface area (Å²) >= 11 is 6.08.